The Hall–Kier alpha value is -4.82. The van der Waals surface area contributed by atoms with Crippen molar-refractivity contribution < 1.29 is 14.4 Å². The van der Waals surface area contributed by atoms with Gasteiger partial charge in [0.15, 0.2) is 0 Å². The monoisotopic (exact) mass is 651 g/mol. The number of thioether (sulfide) groups is 1. The lowest BCUT2D eigenvalue weighted by atomic mass is 10.1. The van der Waals surface area contributed by atoms with E-state index in [0.717, 1.165) is 16.0 Å². The molecule has 0 heterocycles. The van der Waals surface area contributed by atoms with Gasteiger partial charge in [-0.1, -0.05) is 108 Å². The number of carbonyl (C=O) groups is 3. The molecule has 0 aliphatic heterocycles. The number of rotatable bonds is 10. The van der Waals surface area contributed by atoms with Crippen LogP contribution in [-0.4, -0.2) is 17.7 Å². The lowest BCUT2D eigenvalue weighted by Gasteiger charge is -2.18. The molecular formula is C36H27Cl2N3O3S. The van der Waals surface area contributed by atoms with Crippen LogP contribution in [0.1, 0.15) is 26.7 Å². The Morgan fingerprint density at radius 2 is 1.36 bits per heavy atom. The molecule has 3 amide bonds. The minimum absolute atomic E-state index is 0.0782. The van der Waals surface area contributed by atoms with Crippen molar-refractivity contribution in [3.8, 4) is 0 Å². The van der Waals surface area contributed by atoms with E-state index in [1.165, 1.54) is 11.8 Å². The highest BCUT2D eigenvalue weighted by atomic mass is 35.5. The molecule has 0 radical (unpaired) electrons. The highest BCUT2D eigenvalue weighted by Gasteiger charge is 2.23. The Balaban J connectivity index is 1.37. The predicted molar refractivity (Wildman–Crippen MR) is 184 cm³/mol. The van der Waals surface area contributed by atoms with Crippen molar-refractivity contribution in [1.82, 2.24) is 5.32 Å². The Morgan fingerprint density at radius 1 is 0.689 bits per heavy atom. The number of nitrogens with one attached hydrogen (secondary N) is 3. The van der Waals surface area contributed by atoms with Crippen LogP contribution in [0, 0.1) is 0 Å². The van der Waals surface area contributed by atoms with Crippen LogP contribution in [0.15, 0.2) is 144 Å². The number of amides is 3. The van der Waals surface area contributed by atoms with Gasteiger partial charge in [0.1, 0.15) is 10.9 Å². The molecule has 1 atom stereocenters. The Bertz CT molecular complexity index is 1840. The van der Waals surface area contributed by atoms with Gasteiger partial charge in [-0.15, -0.1) is 11.8 Å². The minimum Gasteiger partial charge on any atom is -0.323 e. The molecule has 5 aromatic carbocycles. The van der Waals surface area contributed by atoms with Gasteiger partial charge in [0.2, 0.25) is 5.91 Å². The lowest BCUT2D eigenvalue weighted by Crippen LogP contribution is -2.30. The van der Waals surface area contributed by atoms with Gasteiger partial charge in [-0.25, -0.2) is 0 Å². The minimum atomic E-state index is -0.636. The van der Waals surface area contributed by atoms with E-state index < -0.39 is 17.1 Å². The largest absolute Gasteiger partial charge is 0.323 e. The summed E-state index contributed by atoms with van der Waals surface area (Å²) in [6.07, 6.45) is 1.62. The van der Waals surface area contributed by atoms with Gasteiger partial charge in [-0.2, -0.15) is 0 Å². The van der Waals surface area contributed by atoms with E-state index in [1.807, 2.05) is 72.8 Å². The quantitative estimate of drug-likeness (QED) is 0.104. The van der Waals surface area contributed by atoms with Crippen LogP contribution in [0.25, 0.3) is 6.08 Å². The fourth-order valence-electron chi connectivity index (χ4n) is 4.33. The summed E-state index contributed by atoms with van der Waals surface area (Å²) in [5, 5.41) is 8.70. The fraction of sp³-hybridized carbons (Fsp3) is 0.0278. The van der Waals surface area contributed by atoms with Gasteiger partial charge in [0, 0.05) is 21.2 Å². The van der Waals surface area contributed by atoms with Crippen molar-refractivity contribution >= 4 is 70.1 Å². The summed E-state index contributed by atoms with van der Waals surface area (Å²) in [6, 6.07) is 39.3. The third-order valence-corrected chi connectivity index (χ3v) is 8.31. The van der Waals surface area contributed by atoms with E-state index in [-0.39, 0.29) is 11.6 Å². The maximum atomic E-state index is 13.6. The van der Waals surface area contributed by atoms with E-state index in [4.69, 9.17) is 23.2 Å². The van der Waals surface area contributed by atoms with Crippen LogP contribution in [0.2, 0.25) is 10.0 Å². The zero-order chi connectivity index (χ0) is 31.6. The first kappa shape index (κ1) is 31.6. The molecule has 0 spiro atoms. The van der Waals surface area contributed by atoms with E-state index >= 15 is 0 Å². The van der Waals surface area contributed by atoms with Gasteiger partial charge < -0.3 is 16.0 Å². The molecule has 0 aromatic heterocycles. The van der Waals surface area contributed by atoms with E-state index in [0.29, 0.717) is 27.0 Å². The van der Waals surface area contributed by atoms with Crippen LogP contribution in [0.5, 0.6) is 0 Å². The Kier molecular flexibility index (Phi) is 10.7. The average molecular weight is 653 g/mol. The number of hydrogen-bond donors (Lipinski definition) is 3. The topological polar surface area (TPSA) is 87.3 Å². The van der Waals surface area contributed by atoms with Crippen molar-refractivity contribution in [2.24, 2.45) is 0 Å². The normalized spacial score (nSPS) is 11.7. The first-order valence-electron chi connectivity index (χ1n) is 13.9. The second kappa shape index (κ2) is 15.3. The van der Waals surface area contributed by atoms with Crippen molar-refractivity contribution in [3.63, 3.8) is 0 Å². The van der Waals surface area contributed by atoms with Gasteiger partial charge >= 0.3 is 0 Å². The summed E-state index contributed by atoms with van der Waals surface area (Å²) in [6.45, 7) is 0. The van der Waals surface area contributed by atoms with Crippen molar-refractivity contribution in [2.45, 2.75) is 10.1 Å². The van der Waals surface area contributed by atoms with Gasteiger partial charge in [-0.05, 0) is 65.7 Å². The summed E-state index contributed by atoms with van der Waals surface area (Å²) in [7, 11) is 0. The predicted octanol–water partition coefficient (Wildman–Crippen LogP) is 8.88. The summed E-state index contributed by atoms with van der Waals surface area (Å²) < 4.78 is 0. The lowest BCUT2D eigenvalue weighted by molar-refractivity contribution is -0.116. The second-order valence-corrected chi connectivity index (χ2v) is 11.8. The van der Waals surface area contributed by atoms with Crippen LogP contribution >= 0.6 is 35.0 Å². The third kappa shape index (κ3) is 8.86. The molecule has 0 fully saturated rings. The van der Waals surface area contributed by atoms with Crippen LogP contribution in [-0.2, 0) is 9.59 Å². The summed E-state index contributed by atoms with van der Waals surface area (Å²) >= 11 is 13.7. The molecule has 5 rings (SSSR count). The van der Waals surface area contributed by atoms with Gasteiger partial charge in [-0.3, -0.25) is 14.4 Å². The number of hydrogen-bond acceptors (Lipinski definition) is 4. The standard InChI is InChI=1S/C36H27Cl2N3O3S/c37-27-19-20-31(30(38)22-27)40-36(44)33(25-13-6-2-7-14-25)45-29-18-10-17-28(23-29)39-35(43)32(21-24-11-4-1-5-12-24)41-34(42)26-15-8-3-9-16-26/h1-23,33H,(H,39,43)(H,40,44)(H,41,42)/b32-21-. The fourth-order valence-corrected chi connectivity index (χ4v) is 5.87. The molecule has 5 aromatic rings. The number of halogens is 2. The number of benzene rings is 5. The molecule has 3 N–H and O–H groups in total. The molecule has 224 valence electrons. The van der Waals surface area contributed by atoms with Crippen molar-refractivity contribution in [2.75, 3.05) is 10.6 Å². The Labute approximate surface area is 275 Å². The van der Waals surface area contributed by atoms with Crippen LogP contribution < -0.4 is 16.0 Å². The molecule has 45 heavy (non-hydrogen) atoms. The third-order valence-electron chi connectivity index (χ3n) is 6.51. The average Bonchev–Trinajstić information content (AvgIpc) is 3.06. The maximum Gasteiger partial charge on any atom is 0.272 e. The first-order chi connectivity index (χ1) is 21.9. The molecule has 6 nitrogen and oxygen atoms in total. The van der Waals surface area contributed by atoms with E-state index in [9.17, 15) is 14.4 Å². The molecule has 9 heteroatoms. The smallest absolute Gasteiger partial charge is 0.272 e. The SMILES string of the molecule is O=C(Nc1cccc(SC(C(=O)Nc2ccc(Cl)cc2Cl)c2ccccc2)c1)/C(=C/c1ccccc1)NC(=O)c1ccccc1. The van der Waals surface area contributed by atoms with Crippen molar-refractivity contribution in [1.29, 1.82) is 0 Å². The molecule has 0 saturated heterocycles. The number of anilines is 2. The number of carbonyl (C=O) groups excluding carboxylic acids is 3. The van der Waals surface area contributed by atoms with Crippen LogP contribution in [0.3, 0.4) is 0 Å². The van der Waals surface area contributed by atoms with E-state index in [1.54, 1.807) is 66.7 Å². The molecule has 0 aliphatic carbocycles. The summed E-state index contributed by atoms with van der Waals surface area (Å²) in [5.74, 6) is -1.18. The second-order valence-electron chi connectivity index (χ2n) is 9.79. The highest BCUT2D eigenvalue weighted by Crippen LogP contribution is 2.38. The van der Waals surface area contributed by atoms with Crippen molar-refractivity contribution in [3.05, 3.63) is 166 Å². The molecule has 1 unspecified atom stereocenters. The summed E-state index contributed by atoms with van der Waals surface area (Å²) in [4.78, 5) is 40.8. The van der Waals surface area contributed by atoms with Crippen LogP contribution in [0.4, 0.5) is 11.4 Å². The molecule has 0 bridgehead atoms. The van der Waals surface area contributed by atoms with Gasteiger partial charge in [0.25, 0.3) is 11.8 Å². The molecular weight excluding hydrogens is 625 g/mol. The summed E-state index contributed by atoms with van der Waals surface area (Å²) in [5.41, 5.74) is 2.98. The maximum absolute atomic E-state index is 13.6. The zero-order valence-electron chi connectivity index (χ0n) is 23.7. The van der Waals surface area contributed by atoms with Gasteiger partial charge in [0.05, 0.1) is 10.7 Å². The Morgan fingerprint density at radius 3 is 2.04 bits per heavy atom. The molecule has 0 saturated carbocycles. The highest BCUT2D eigenvalue weighted by molar-refractivity contribution is 8.00. The zero-order valence-corrected chi connectivity index (χ0v) is 26.1. The first-order valence-corrected chi connectivity index (χ1v) is 15.5. The molecule has 0 aliphatic rings. The van der Waals surface area contributed by atoms with E-state index in [2.05, 4.69) is 16.0 Å².